The van der Waals surface area contributed by atoms with E-state index in [1.807, 2.05) is 43.3 Å². The molecular formula is C33H32Cl2N2O5. The number of fused-ring (bicyclic) bond motifs is 4. The van der Waals surface area contributed by atoms with Crippen LogP contribution in [0.1, 0.15) is 84.7 Å². The Morgan fingerprint density at radius 2 is 1.76 bits per heavy atom. The fraction of sp³-hybridized carbons (Fsp3) is 0.424. The maximum absolute atomic E-state index is 11.4. The summed E-state index contributed by atoms with van der Waals surface area (Å²) in [4.78, 5) is 15.6. The number of carboxylic acid groups (broad SMARTS) is 1. The number of aromatic carboxylic acids is 1. The van der Waals surface area contributed by atoms with E-state index >= 15 is 0 Å². The fourth-order valence-corrected chi connectivity index (χ4v) is 7.32. The van der Waals surface area contributed by atoms with Crippen LogP contribution in [0.15, 0.2) is 47.0 Å². The lowest BCUT2D eigenvalue weighted by atomic mass is 9.59. The number of pyridine rings is 1. The first-order chi connectivity index (χ1) is 20.2. The van der Waals surface area contributed by atoms with Crippen LogP contribution in [-0.2, 0) is 11.3 Å². The van der Waals surface area contributed by atoms with Gasteiger partial charge in [-0.25, -0.2) is 9.78 Å². The molecule has 4 aliphatic carbocycles. The summed E-state index contributed by atoms with van der Waals surface area (Å²) in [5.41, 5.74) is 3.94. The lowest BCUT2D eigenvalue weighted by Crippen LogP contribution is -2.49. The second-order valence-electron chi connectivity index (χ2n) is 12.3. The van der Waals surface area contributed by atoms with Crippen molar-refractivity contribution in [3.63, 3.8) is 0 Å². The molecule has 9 heteroatoms. The minimum atomic E-state index is -1.02. The minimum Gasteiger partial charge on any atom is -0.493 e. The van der Waals surface area contributed by atoms with Crippen molar-refractivity contribution in [3.05, 3.63) is 75.1 Å². The monoisotopic (exact) mass is 606 g/mol. The summed E-state index contributed by atoms with van der Waals surface area (Å²) in [6.07, 6.45) is 8.30. The highest BCUT2D eigenvalue weighted by molar-refractivity contribution is 6.39. The van der Waals surface area contributed by atoms with Gasteiger partial charge in [0.25, 0.3) is 0 Å². The molecule has 0 aliphatic heterocycles. The first-order valence-corrected chi connectivity index (χ1v) is 15.3. The van der Waals surface area contributed by atoms with E-state index in [1.165, 1.54) is 0 Å². The molecule has 4 saturated carbocycles. The molecule has 2 aromatic carbocycles. The molecule has 0 spiro atoms. The average Bonchev–Trinajstić information content (AvgIpc) is 3.76. The Morgan fingerprint density at radius 1 is 1.05 bits per heavy atom. The highest BCUT2D eigenvalue weighted by Crippen LogP contribution is 2.55. The van der Waals surface area contributed by atoms with Crippen molar-refractivity contribution >= 4 is 40.1 Å². The average molecular weight is 608 g/mol. The Kier molecular flexibility index (Phi) is 6.95. The first-order valence-electron chi connectivity index (χ1n) is 14.6. The molecule has 0 atom stereocenters. The van der Waals surface area contributed by atoms with Crippen LogP contribution in [0, 0.1) is 12.3 Å². The third kappa shape index (κ3) is 5.06. The van der Waals surface area contributed by atoms with Crippen molar-refractivity contribution in [1.29, 1.82) is 0 Å². The minimum absolute atomic E-state index is 0.0550. The van der Waals surface area contributed by atoms with Crippen molar-refractivity contribution in [2.24, 2.45) is 5.41 Å². The Balaban J connectivity index is 1.03. The number of carbonyl (C=O) groups is 1. The lowest BCUT2D eigenvalue weighted by Gasteiger charge is -2.52. The molecule has 0 amide bonds. The van der Waals surface area contributed by atoms with E-state index in [-0.39, 0.29) is 16.7 Å². The van der Waals surface area contributed by atoms with Crippen LogP contribution < -0.4 is 4.74 Å². The number of halogens is 2. The van der Waals surface area contributed by atoms with Crippen LogP contribution in [-0.4, -0.2) is 33.4 Å². The molecule has 8 rings (SSSR count). The van der Waals surface area contributed by atoms with E-state index in [1.54, 1.807) is 6.07 Å². The van der Waals surface area contributed by atoms with Gasteiger partial charge in [-0.1, -0.05) is 34.4 Å². The number of hydrogen-bond acceptors (Lipinski definition) is 6. The quantitative estimate of drug-likeness (QED) is 0.203. The molecule has 4 aromatic rings. The normalized spacial score (nSPS) is 23.4. The summed E-state index contributed by atoms with van der Waals surface area (Å²) in [5, 5.41) is 15.8. The van der Waals surface area contributed by atoms with Gasteiger partial charge in [0.1, 0.15) is 22.9 Å². The summed E-state index contributed by atoms with van der Waals surface area (Å²) >= 11 is 13.1. The van der Waals surface area contributed by atoms with Crippen molar-refractivity contribution in [1.82, 2.24) is 10.1 Å². The third-order valence-corrected chi connectivity index (χ3v) is 10.2. The fourth-order valence-electron chi connectivity index (χ4n) is 6.74. The molecule has 2 bridgehead atoms. The predicted molar refractivity (Wildman–Crippen MR) is 161 cm³/mol. The molecule has 1 N–H and O–H groups in total. The van der Waals surface area contributed by atoms with Crippen LogP contribution >= 0.6 is 23.2 Å². The Morgan fingerprint density at radius 3 is 2.43 bits per heavy atom. The van der Waals surface area contributed by atoms with Gasteiger partial charge in [0.15, 0.2) is 0 Å². The van der Waals surface area contributed by atoms with Crippen molar-refractivity contribution in [2.75, 3.05) is 6.61 Å². The van der Waals surface area contributed by atoms with E-state index < -0.39 is 5.97 Å². The smallest absolute Gasteiger partial charge is 0.354 e. The van der Waals surface area contributed by atoms with Gasteiger partial charge in [-0.15, -0.1) is 0 Å². The van der Waals surface area contributed by atoms with Crippen molar-refractivity contribution < 1.29 is 23.9 Å². The van der Waals surface area contributed by atoms with Crippen LogP contribution in [0.2, 0.25) is 10.0 Å². The summed E-state index contributed by atoms with van der Waals surface area (Å²) in [6, 6.07) is 12.8. The summed E-state index contributed by atoms with van der Waals surface area (Å²) in [5.74, 6) is 1.06. The molecule has 4 aliphatic rings. The summed E-state index contributed by atoms with van der Waals surface area (Å²) in [7, 11) is 0. The Labute approximate surface area is 254 Å². The third-order valence-electron chi connectivity index (χ3n) is 9.57. The lowest BCUT2D eigenvalue weighted by molar-refractivity contribution is -0.150. The zero-order valence-electron chi connectivity index (χ0n) is 23.4. The molecule has 0 unspecified atom stereocenters. The SMILES string of the molecule is Cc1cc(C(=O)O)nc2ccc(OCC34CCC(OCc5c(-c6c(Cl)cccc6Cl)noc5C5CC5)(CC3)CC4)cc12. The number of rotatable bonds is 9. The van der Waals surface area contributed by atoms with Gasteiger partial charge in [0.05, 0.1) is 34.4 Å². The predicted octanol–water partition coefficient (Wildman–Crippen LogP) is 8.77. The van der Waals surface area contributed by atoms with Crippen LogP contribution in [0.4, 0.5) is 0 Å². The second-order valence-corrected chi connectivity index (χ2v) is 13.1. The molecule has 42 heavy (non-hydrogen) atoms. The standard InChI is InChI=1S/C33H32Cl2N2O5/c1-19-15-27(31(38)39)36-26-8-7-21(16-22(19)26)40-18-32-9-12-33(13-10-32,14-11-32)41-17-23-29(37-42-30(23)20-5-6-20)28-24(34)3-2-4-25(28)35/h2-4,7-8,15-16,20H,5-6,9-14,17-18H2,1H3,(H,38,39). The zero-order chi connectivity index (χ0) is 29.1. The molecule has 0 radical (unpaired) electrons. The molecule has 0 saturated heterocycles. The molecular weight excluding hydrogens is 575 g/mol. The number of aryl methyl sites for hydroxylation is 1. The molecule has 2 aromatic heterocycles. The number of ether oxygens (including phenoxy) is 2. The van der Waals surface area contributed by atoms with Gasteiger partial charge in [-0.3, -0.25) is 0 Å². The van der Waals surface area contributed by atoms with E-state index in [9.17, 15) is 9.90 Å². The molecule has 218 valence electrons. The highest BCUT2D eigenvalue weighted by atomic mass is 35.5. The summed E-state index contributed by atoms with van der Waals surface area (Å²) in [6.45, 7) is 2.99. The van der Waals surface area contributed by atoms with Gasteiger partial charge >= 0.3 is 5.97 Å². The van der Waals surface area contributed by atoms with Gasteiger partial charge in [-0.2, -0.15) is 0 Å². The van der Waals surface area contributed by atoms with Crippen LogP contribution in [0.3, 0.4) is 0 Å². The van der Waals surface area contributed by atoms with Crippen molar-refractivity contribution in [2.45, 2.75) is 76.4 Å². The first kappa shape index (κ1) is 27.7. The van der Waals surface area contributed by atoms with Gasteiger partial charge < -0.3 is 19.1 Å². The van der Waals surface area contributed by atoms with E-state index in [0.29, 0.717) is 46.0 Å². The second kappa shape index (κ2) is 10.5. The largest absolute Gasteiger partial charge is 0.493 e. The van der Waals surface area contributed by atoms with Crippen molar-refractivity contribution in [3.8, 4) is 17.0 Å². The number of benzene rings is 2. The van der Waals surface area contributed by atoms with Crippen LogP contribution in [0.25, 0.3) is 22.2 Å². The maximum Gasteiger partial charge on any atom is 0.354 e. The number of nitrogens with zero attached hydrogens (tertiary/aromatic N) is 2. The topological polar surface area (TPSA) is 94.7 Å². The highest BCUT2D eigenvalue weighted by Gasteiger charge is 2.50. The maximum atomic E-state index is 11.4. The van der Waals surface area contributed by atoms with E-state index in [0.717, 1.165) is 79.4 Å². The Hall–Kier alpha value is -3.13. The number of hydrogen-bond donors (Lipinski definition) is 1. The van der Waals surface area contributed by atoms with Gasteiger partial charge in [-0.05, 0) is 100 Å². The molecule has 2 heterocycles. The Bertz CT molecular complexity index is 1650. The van der Waals surface area contributed by atoms with Crippen LogP contribution in [0.5, 0.6) is 5.75 Å². The summed E-state index contributed by atoms with van der Waals surface area (Å²) < 4.78 is 19.0. The zero-order valence-corrected chi connectivity index (χ0v) is 24.9. The number of aromatic nitrogens is 2. The van der Waals surface area contributed by atoms with Gasteiger partial charge in [0.2, 0.25) is 0 Å². The molecule has 7 nitrogen and oxygen atoms in total. The molecule has 4 fully saturated rings. The number of carboxylic acids is 1. The van der Waals surface area contributed by atoms with E-state index in [2.05, 4.69) is 10.1 Å². The van der Waals surface area contributed by atoms with Gasteiger partial charge in [0, 0.05) is 27.8 Å². The van der Waals surface area contributed by atoms with E-state index in [4.69, 9.17) is 37.2 Å².